The fourth-order valence-electron chi connectivity index (χ4n) is 6.11. The highest BCUT2D eigenvalue weighted by Gasteiger charge is 2.41. The Balaban J connectivity index is 1.47. The highest BCUT2D eigenvalue weighted by molar-refractivity contribution is 7.80. The highest BCUT2D eigenvalue weighted by Crippen LogP contribution is 2.54. The highest BCUT2D eigenvalue weighted by atomic mass is 35.5. The van der Waals surface area contributed by atoms with Crippen LogP contribution in [0.3, 0.4) is 0 Å². The van der Waals surface area contributed by atoms with Gasteiger partial charge < -0.3 is 4.74 Å². The van der Waals surface area contributed by atoms with Gasteiger partial charge >= 0.3 is 0 Å². The second-order valence-electron chi connectivity index (χ2n) is 11.2. The van der Waals surface area contributed by atoms with Crippen molar-refractivity contribution in [1.82, 2.24) is 0 Å². The summed E-state index contributed by atoms with van der Waals surface area (Å²) in [6.45, 7) is 4.57. The molecule has 6 aromatic rings. The molecule has 0 saturated carbocycles. The van der Waals surface area contributed by atoms with Crippen LogP contribution in [0.1, 0.15) is 25.0 Å². The average Bonchev–Trinajstić information content (AvgIpc) is 3.05. The smallest absolute Gasteiger partial charge is 0.141 e. The van der Waals surface area contributed by atoms with E-state index in [-0.39, 0.29) is 5.41 Å². The van der Waals surface area contributed by atoms with Crippen LogP contribution >= 0.6 is 27.4 Å². The van der Waals surface area contributed by atoms with Crippen LogP contribution in [0.15, 0.2) is 152 Å². The fraction of sp³-hybridized carbons (Fsp3) is 0.0769. The molecule has 0 bridgehead atoms. The SMILES string of the molecule is CC1(C)c2cccc(P(c3ccccc3)c3ccccc3)c2Oc2c(P(c3ccccc3)c3ccccc3)ccc(Cl)c21. The lowest BCUT2D eigenvalue weighted by Crippen LogP contribution is -2.33. The van der Waals surface area contributed by atoms with Gasteiger partial charge in [0.15, 0.2) is 0 Å². The molecule has 7 rings (SSSR count). The van der Waals surface area contributed by atoms with Crippen LogP contribution in [0.2, 0.25) is 5.02 Å². The van der Waals surface area contributed by atoms with Crippen LogP contribution in [0.25, 0.3) is 0 Å². The van der Waals surface area contributed by atoms with Crippen molar-refractivity contribution in [2.24, 2.45) is 0 Å². The molecule has 43 heavy (non-hydrogen) atoms. The van der Waals surface area contributed by atoms with E-state index in [4.69, 9.17) is 16.3 Å². The van der Waals surface area contributed by atoms with Gasteiger partial charge in [-0.15, -0.1) is 0 Å². The van der Waals surface area contributed by atoms with E-state index in [1.54, 1.807) is 0 Å². The minimum absolute atomic E-state index is 0.366. The third-order valence-corrected chi connectivity index (χ3v) is 13.4. The van der Waals surface area contributed by atoms with Crippen molar-refractivity contribution in [3.8, 4) is 11.5 Å². The molecule has 1 nitrogen and oxygen atoms in total. The van der Waals surface area contributed by atoms with Crippen LogP contribution in [0, 0.1) is 0 Å². The van der Waals surface area contributed by atoms with Crippen molar-refractivity contribution in [3.63, 3.8) is 0 Å². The molecule has 0 radical (unpaired) electrons. The van der Waals surface area contributed by atoms with Crippen molar-refractivity contribution < 1.29 is 4.74 Å². The minimum atomic E-state index is -0.895. The molecule has 0 amide bonds. The van der Waals surface area contributed by atoms with Gasteiger partial charge in [-0.2, -0.15) is 0 Å². The van der Waals surface area contributed by atoms with Crippen LogP contribution in [0.4, 0.5) is 0 Å². The summed E-state index contributed by atoms with van der Waals surface area (Å²) in [7, 11) is -1.76. The third kappa shape index (κ3) is 5.11. The van der Waals surface area contributed by atoms with Gasteiger partial charge in [-0.3, -0.25) is 0 Å². The van der Waals surface area contributed by atoms with Crippen LogP contribution in [-0.2, 0) is 5.41 Å². The van der Waals surface area contributed by atoms with Crippen molar-refractivity contribution in [3.05, 3.63) is 168 Å². The molecule has 0 spiro atoms. The molecule has 1 heterocycles. The van der Waals surface area contributed by atoms with Gasteiger partial charge in [0, 0.05) is 32.2 Å². The number of halogens is 1. The number of para-hydroxylation sites is 1. The van der Waals surface area contributed by atoms with Gasteiger partial charge in [-0.1, -0.05) is 165 Å². The Labute approximate surface area is 261 Å². The Morgan fingerprint density at radius 1 is 0.465 bits per heavy atom. The molecule has 210 valence electrons. The molecular formula is C39H31ClOP2. The van der Waals surface area contributed by atoms with Gasteiger partial charge in [0.25, 0.3) is 0 Å². The topological polar surface area (TPSA) is 9.23 Å². The fourth-order valence-corrected chi connectivity index (χ4v) is 11.3. The Hall–Kier alpha value is -3.73. The summed E-state index contributed by atoms with van der Waals surface area (Å²) in [6.07, 6.45) is 0. The summed E-state index contributed by atoms with van der Waals surface area (Å²) in [6, 6.07) is 54.2. The minimum Gasteiger partial charge on any atom is -0.455 e. The molecule has 6 aromatic carbocycles. The molecule has 0 unspecified atom stereocenters. The Kier molecular flexibility index (Phi) is 7.67. The predicted molar refractivity (Wildman–Crippen MR) is 188 cm³/mol. The van der Waals surface area contributed by atoms with Gasteiger partial charge in [0.2, 0.25) is 0 Å². The first-order chi connectivity index (χ1) is 21.0. The zero-order chi connectivity index (χ0) is 29.4. The normalized spacial score (nSPS) is 13.3. The zero-order valence-electron chi connectivity index (χ0n) is 24.1. The summed E-state index contributed by atoms with van der Waals surface area (Å²) in [5.74, 6) is 1.85. The molecule has 0 aliphatic carbocycles. The molecule has 0 saturated heterocycles. The van der Waals surface area contributed by atoms with E-state index in [0.717, 1.165) is 22.1 Å². The second-order valence-corrected chi connectivity index (χ2v) is 15.9. The molecule has 0 aromatic heterocycles. The van der Waals surface area contributed by atoms with Crippen LogP contribution in [-0.4, -0.2) is 0 Å². The lowest BCUT2D eigenvalue weighted by atomic mass is 9.75. The van der Waals surface area contributed by atoms with E-state index in [1.165, 1.54) is 37.4 Å². The van der Waals surface area contributed by atoms with Gasteiger partial charge in [0.1, 0.15) is 11.5 Å². The van der Waals surface area contributed by atoms with Crippen molar-refractivity contribution in [1.29, 1.82) is 0 Å². The molecule has 0 fully saturated rings. The second kappa shape index (κ2) is 11.7. The predicted octanol–water partition coefficient (Wildman–Crippen LogP) is 8.29. The number of benzene rings is 6. The van der Waals surface area contributed by atoms with Crippen LogP contribution in [0.5, 0.6) is 11.5 Å². The third-order valence-electron chi connectivity index (χ3n) is 8.12. The van der Waals surface area contributed by atoms with Crippen molar-refractivity contribution in [2.75, 3.05) is 0 Å². The first-order valence-corrected chi connectivity index (χ1v) is 17.5. The molecule has 1 aliphatic rings. The molecule has 0 N–H and O–H groups in total. The molecule has 1 aliphatic heterocycles. The number of hydrogen-bond acceptors (Lipinski definition) is 1. The maximum Gasteiger partial charge on any atom is 0.141 e. The van der Waals surface area contributed by atoms with E-state index in [1.807, 2.05) is 0 Å². The Morgan fingerprint density at radius 2 is 0.884 bits per heavy atom. The summed E-state index contributed by atoms with van der Waals surface area (Å²) in [4.78, 5) is 0. The maximum atomic E-state index is 7.25. The Bertz CT molecular complexity index is 1800. The zero-order valence-corrected chi connectivity index (χ0v) is 26.7. The Morgan fingerprint density at radius 3 is 1.33 bits per heavy atom. The standard InChI is InChI=1S/C39H31ClOP2/c1-39(2)32-24-15-25-34(42(28-16-7-3-8-17-28)29-18-9-4-10-19-29)37(32)41-38-35(27-26-33(40)36(38)39)43(30-20-11-5-12-21-30)31-22-13-6-14-23-31/h3-27H,1-2H3. The van der Waals surface area contributed by atoms with E-state index in [9.17, 15) is 0 Å². The van der Waals surface area contributed by atoms with Crippen LogP contribution < -0.4 is 36.6 Å². The maximum absolute atomic E-state index is 7.25. The summed E-state index contributed by atoms with van der Waals surface area (Å²) < 4.78 is 7.25. The van der Waals surface area contributed by atoms with Crippen molar-refractivity contribution in [2.45, 2.75) is 19.3 Å². The lowest BCUT2D eigenvalue weighted by Gasteiger charge is -2.39. The number of rotatable bonds is 6. The van der Waals surface area contributed by atoms with E-state index in [2.05, 4.69) is 166 Å². The van der Waals surface area contributed by atoms with Gasteiger partial charge in [0.05, 0.1) is 0 Å². The van der Waals surface area contributed by atoms with Gasteiger partial charge in [-0.05, 0) is 49.2 Å². The molecule has 0 atom stereocenters. The quantitative estimate of drug-likeness (QED) is 0.172. The summed E-state index contributed by atoms with van der Waals surface area (Å²) in [5.41, 5.74) is 1.86. The van der Waals surface area contributed by atoms with E-state index in [0.29, 0.717) is 0 Å². The molecular weight excluding hydrogens is 582 g/mol. The number of hydrogen-bond donors (Lipinski definition) is 0. The first-order valence-electron chi connectivity index (χ1n) is 14.5. The van der Waals surface area contributed by atoms with Gasteiger partial charge in [-0.25, -0.2) is 0 Å². The average molecular weight is 613 g/mol. The largest absolute Gasteiger partial charge is 0.455 e. The molecule has 4 heteroatoms. The summed E-state index contributed by atoms with van der Waals surface area (Å²) >= 11 is 7.09. The van der Waals surface area contributed by atoms with Crippen molar-refractivity contribution >= 4 is 59.3 Å². The lowest BCUT2D eigenvalue weighted by molar-refractivity contribution is 0.425. The monoisotopic (exact) mass is 612 g/mol. The summed E-state index contributed by atoms with van der Waals surface area (Å²) in [5, 5.41) is 8.30. The number of fused-ring (bicyclic) bond motifs is 2. The first kappa shape index (κ1) is 28.1. The van der Waals surface area contributed by atoms with E-state index >= 15 is 0 Å². The van der Waals surface area contributed by atoms with E-state index < -0.39 is 15.8 Å². The number of ether oxygens (including phenoxy) is 1.